The van der Waals surface area contributed by atoms with Gasteiger partial charge in [0.05, 0.1) is 2.88 Å². The molecule has 0 bridgehead atoms. The fourth-order valence-corrected chi connectivity index (χ4v) is 2.69. The number of thiophene rings is 1. The summed E-state index contributed by atoms with van der Waals surface area (Å²) < 4.78 is 1.34. The first-order valence-electron chi connectivity index (χ1n) is 4.64. The molecule has 1 rings (SSSR count). The topological polar surface area (TPSA) is 12.0 Å². The smallest absolute Gasteiger partial charge is 0.0656 e. The van der Waals surface area contributed by atoms with Crippen molar-refractivity contribution in [2.75, 3.05) is 6.54 Å². The molecule has 0 fully saturated rings. The van der Waals surface area contributed by atoms with Crippen LogP contribution in [0.1, 0.15) is 31.9 Å². The van der Waals surface area contributed by atoms with E-state index in [2.05, 4.69) is 58.1 Å². The highest BCUT2D eigenvalue weighted by Gasteiger charge is 2.09. The number of halogens is 1. The highest BCUT2D eigenvalue weighted by atomic mass is 127. The Morgan fingerprint density at radius 2 is 2.43 bits per heavy atom. The first-order valence-corrected chi connectivity index (χ1v) is 6.60. The monoisotopic (exact) mass is 319 g/mol. The third-order valence-corrected chi connectivity index (χ3v) is 3.73. The van der Waals surface area contributed by atoms with E-state index in [0.29, 0.717) is 6.04 Å². The molecular formula is C11H14INS. The molecule has 0 aliphatic rings. The van der Waals surface area contributed by atoms with Gasteiger partial charge in [-0.05, 0) is 53.1 Å². The third-order valence-electron chi connectivity index (χ3n) is 1.92. The molecule has 1 N–H and O–H groups in total. The lowest BCUT2D eigenvalue weighted by molar-refractivity contribution is 0.566. The number of rotatable bonds is 4. The molecule has 0 radical (unpaired) electrons. The van der Waals surface area contributed by atoms with Gasteiger partial charge in [-0.15, -0.1) is 23.2 Å². The lowest BCUT2D eigenvalue weighted by Gasteiger charge is -2.13. The van der Waals surface area contributed by atoms with E-state index in [1.807, 2.05) is 6.92 Å². The molecule has 0 spiro atoms. The van der Waals surface area contributed by atoms with Gasteiger partial charge in [-0.1, -0.05) is 6.92 Å². The zero-order chi connectivity index (χ0) is 10.4. The Morgan fingerprint density at radius 3 is 2.93 bits per heavy atom. The Balaban J connectivity index is 2.69. The molecule has 0 amide bonds. The Kier molecular flexibility index (Phi) is 5.53. The number of hydrogen-bond donors (Lipinski definition) is 1. The quantitative estimate of drug-likeness (QED) is 0.662. The summed E-state index contributed by atoms with van der Waals surface area (Å²) in [5, 5.41) is 5.66. The summed E-state index contributed by atoms with van der Waals surface area (Å²) in [7, 11) is 0. The van der Waals surface area contributed by atoms with Crippen LogP contribution in [-0.2, 0) is 0 Å². The number of hydrogen-bond acceptors (Lipinski definition) is 2. The van der Waals surface area contributed by atoms with Crippen molar-refractivity contribution < 1.29 is 0 Å². The van der Waals surface area contributed by atoms with E-state index in [9.17, 15) is 0 Å². The van der Waals surface area contributed by atoms with Crippen molar-refractivity contribution in [3.63, 3.8) is 0 Å². The molecule has 1 aromatic rings. The Bertz CT molecular complexity index is 335. The fraction of sp³-hybridized carbons (Fsp3) is 0.455. The van der Waals surface area contributed by atoms with Gasteiger partial charge in [0.1, 0.15) is 0 Å². The van der Waals surface area contributed by atoms with Gasteiger partial charge in [-0.25, -0.2) is 0 Å². The second kappa shape index (κ2) is 6.44. The van der Waals surface area contributed by atoms with E-state index in [-0.39, 0.29) is 0 Å². The van der Waals surface area contributed by atoms with Gasteiger partial charge in [0, 0.05) is 12.5 Å². The van der Waals surface area contributed by atoms with Crippen LogP contribution in [0.2, 0.25) is 0 Å². The molecule has 0 aliphatic carbocycles. The van der Waals surface area contributed by atoms with Crippen molar-refractivity contribution in [2.45, 2.75) is 26.3 Å². The summed E-state index contributed by atoms with van der Waals surface area (Å²) in [5.41, 5.74) is 1.36. The number of nitrogens with one attached hydrogen (secondary N) is 1. The fourth-order valence-electron chi connectivity index (χ4n) is 1.26. The maximum Gasteiger partial charge on any atom is 0.0656 e. The van der Waals surface area contributed by atoms with E-state index in [1.54, 1.807) is 11.3 Å². The van der Waals surface area contributed by atoms with Gasteiger partial charge in [-0.3, -0.25) is 0 Å². The van der Waals surface area contributed by atoms with Gasteiger partial charge < -0.3 is 5.32 Å². The maximum absolute atomic E-state index is 3.45. The molecule has 1 nitrogen and oxygen atoms in total. The lowest BCUT2D eigenvalue weighted by atomic mass is 10.1. The molecule has 1 atom stereocenters. The van der Waals surface area contributed by atoms with Crippen LogP contribution in [0.4, 0.5) is 0 Å². The van der Waals surface area contributed by atoms with Crippen molar-refractivity contribution >= 4 is 33.9 Å². The standard InChI is InChI=1S/C11H14INS/c1-3-5-6-10(13-4-2)9-7-11(12)14-8-9/h7-8,10,13H,4,6H2,1-2H3. The first kappa shape index (κ1) is 12.0. The normalized spacial score (nSPS) is 11.9. The third kappa shape index (κ3) is 3.60. The molecule has 0 aliphatic heterocycles. The molecule has 1 aromatic heterocycles. The molecular weight excluding hydrogens is 305 g/mol. The predicted octanol–water partition coefficient (Wildman–Crippen LogP) is 3.42. The highest BCUT2D eigenvalue weighted by molar-refractivity contribution is 14.1. The van der Waals surface area contributed by atoms with Crippen molar-refractivity contribution in [3.05, 3.63) is 19.9 Å². The summed E-state index contributed by atoms with van der Waals surface area (Å²) in [5.74, 6) is 6.08. The maximum atomic E-state index is 3.45. The van der Waals surface area contributed by atoms with Crippen LogP contribution in [0.25, 0.3) is 0 Å². The minimum absolute atomic E-state index is 0.396. The predicted molar refractivity (Wildman–Crippen MR) is 71.5 cm³/mol. The van der Waals surface area contributed by atoms with Gasteiger partial charge in [0.25, 0.3) is 0 Å². The molecule has 0 aromatic carbocycles. The van der Waals surface area contributed by atoms with Crippen LogP contribution in [-0.4, -0.2) is 6.54 Å². The Hall–Kier alpha value is -0.0500. The summed E-state index contributed by atoms with van der Waals surface area (Å²) in [6.45, 7) is 5.01. The van der Waals surface area contributed by atoms with E-state index in [4.69, 9.17) is 0 Å². The minimum atomic E-state index is 0.396. The molecule has 76 valence electrons. The van der Waals surface area contributed by atoms with Crippen LogP contribution >= 0.6 is 33.9 Å². The van der Waals surface area contributed by atoms with Gasteiger partial charge >= 0.3 is 0 Å². The first-order chi connectivity index (χ1) is 6.77. The van der Waals surface area contributed by atoms with Gasteiger partial charge in [0.15, 0.2) is 0 Å². The zero-order valence-corrected chi connectivity index (χ0v) is 11.4. The Morgan fingerprint density at radius 1 is 1.64 bits per heavy atom. The van der Waals surface area contributed by atoms with E-state index in [1.165, 1.54) is 8.45 Å². The molecule has 3 heteroatoms. The summed E-state index contributed by atoms with van der Waals surface area (Å²) in [6, 6.07) is 2.63. The van der Waals surface area contributed by atoms with E-state index in [0.717, 1.165) is 13.0 Å². The van der Waals surface area contributed by atoms with Crippen molar-refractivity contribution in [1.29, 1.82) is 0 Å². The average molecular weight is 319 g/mol. The molecule has 14 heavy (non-hydrogen) atoms. The average Bonchev–Trinajstić information content (AvgIpc) is 2.59. The van der Waals surface area contributed by atoms with E-state index >= 15 is 0 Å². The van der Waals surface area contributed by atoms with Crippen LogP contribution in [0.5, 0.6) is 0 Å². The van der Waals surface area contributed by atoms with Crippen molar-refractivity contribution in [2.24, 2.45) is 0 Å². The summed E-state index contributed by atoms with van der Waals surface area (Å²) in [6.07, 6.45) is 0.900. The van der Waals surface area contributed by atoms with Gasteiger partial charge in [0.2, 0.25) is 0 Å². The minimum Gasteiger partial charge on any atom is -0.309 e. The highest BCUT2D eigenvalue weighted by Crippen LogP contribution is 2.24. The summed E-state index contributed by atoms with van der Waals surface area (Å²) in [4.78, 5) is 0. The van der Waals surface area contributed by atoms with Crippen LogP contribution < -0.4 is 5.32 Å². The van der Waals surface area contributed by atoms with E-state index < -0.39 is 0 Å². The van der Waals surface area contributed by atoms with Crippen molar-refractivity contribution in [1.82, 2.24) is 5.32 Å². The second-order valence-corrected chi connectivity index (χ2v) is 5.73. The molecule has 0 saturated heterocycles. The SMILES string of the molecule is CC#CCC(NCC)c1csc(I)c1. The molecule has 1 unspecified atom stereocenters. The Labute approximate surface area is 103 Å². The molecule has 1 heterocycles. The van der Waals surface area contributed by atoms with Crippen LogP contribution in [0.3, 0.4) is 0 Å². The summed E-state index contributed by atoms with van der Waals surface area (Å²) >= 11 is 4.15. The zero-order valence-electron chi connectivity index (χ0n) is 8.43. The lowest BCUT2D eigenvalue weighted by Crippen LogP contribution is -2.19. The van der Waals surface area contributed by atoms with Crippen LogP contribution in [0, 0.1) is 14.7 Å². The van der Waals surface area contributed by atoms with Crippen molar-refractivity contribution in [3.8, 4) is 11.8 Å². The van der Waals surface area contributed by atoms with Crippen LogP contribution in [0.15, 0.2) is 11.4 Å². The molecule has 0 saturated carbocycles. The second-order valence-electron chi connectivity index (χ2n) is 2.93. The van der Waals surface area contributed by atoms with Gasteiger partial charge in [-0.2, -0.15) is 0 Å². The largest absolute Gasteiger partial charge is 0.309 e.